The third-order valence-electron chi connectivity index (χ3n) is 3.62. The van der Waals surface area contributed by atoms with Crippen LogP contribution >= 0.6 is 0 Å². The Morgan fingerprint density at radius 3 is 2.50 bits per heavy atom. The van der Waals surface area contributed by atoms with Gasteiger partial charge in [0.15, 0.2) is 6.29 Å². The Bertz CT molecular complexity index is 258. The summed E-state index contributed by atoms with van der Waals surface area (Å²) < 4.78 is 15.9. The number of esters is 1. The minimum Gasteiger partial charge on any atom is -0.465 e. The predicted molar refractivity (Wildman–Crippen MR) is 65.8 cm³/mol. The van der Waals surface area contributed by atoms with Gasteiger partial charge in [-0.2, -0.15) is 0 Å². The van der Waals surface area contributed by atoms with Crippen molar-refractivity contribution in [3.05, 3.63) is 0 Å². The summed E-state index contributed by atoms with van der Waals surface area (Å²) in [5, 5.41) is 0. The first kappa shape index (κ1) is 13.8. The lowest BCUT2D eigenvalue weighted by Gasteiger charge is -2.24. The number of nitrogens with two attached hydrogens (primary N) is 1. The van der Waals surface area contributed by atoms with Gasteiger partial charge in [0.2, 0.25) is 0 Å². The van der Waals surface area contributed by atoms with Gasteiger partial charge in [-0.1, -0.05) is 0 Å². The molecule has 0 atom stereocenters. The van der Waals surface area contributed by atoms with E-state index in [1.165, 1.54) is 0 Å². The lowest BCUT2D eigenvalue weighted by Crippen LogP contribution is -2.30. The molecule has 1 saturated heterocycles. The summed E-state index contributed by atoms with van der Waals surface area (Å²) >= 11 is 0. The monoisotopic (exact) mass is 257 g/mol. The fourth-order valence-electron chi connectivity index (χ4n) is 2.47. The molecule has 1 heterocycles. The van der Waals surface area contributed by atoms with Crippen LogP contribution in [0.15, 0.2) is 0 Å². The molecule has 1 aliphatic carbocycles. The Hall–Kier alpha value is -0.650. The summed E-state index contributed by atoms with van der Waals surface area (Å²) in [4.78, 5) is 11.8. The maximum Gasteiger partial charge on any atom is 0.308 e. The molecule has 0 amide bonds. The number of carbonyl (C=O) groups excluding carboxylic acids is 1. The minimum absolute atomic E-state index is 0.0591. The Morgan fingerprint density at radius 1 is 1.17 bits per heavy atom. The van der Waals surface area contributed by atoms with Gasteiger partial charge >= 0.3 is 5.97 Å². The van der Waals surface area contributed by atoms with Crippen molar-refractivity contribution in [2.24, 2.45) is 11.7 Å². The highest BCUT2D eigenvalue weighted by molar-refractivity contribution is 5.72. The second-order valence-corrected chi connectivity index (χ2v) is 5.09. The predicted octanol–water partition coefficient (Wildman–Crippen LogP) is 1.20. The quantitative estimate of drug-likeness (QED) is 0.592. The maximum atomic E-state index is 11.8. The smallest absolute Gasteiger partial charge is 0.308 e. The topological polar surface area (TPSA) is 70.8 Å². The highest BCUT2D eigenvalue weighted by Gasteiger charge is 2.25. The molecule has 1 aliphatic heterocycles. The Morgan fingerprint density at radius 2 is 1.83 bits per heavy atom. The van der Waals surface area contributed by atoms with E-state index in [1.807, 2.05) is 0 Å². The zero-order chi connectivity index (χ0) is 12.8. The summed E-state index contributed by atoms with van der Waals surface area (Å²) in [7, 11) is 0. The summed E-state index contributed by atoms with van der Waals surface area (Å²) in [6, 6.07) is 0.269. The van der Waals surface area contributed by atoms with Crippen molar-refractivity contribution in [3.8, 4) is 0 Å². The number of hydrogen-bond acceptors (Lipinski definition) is 5. The molecule has 2 aliphatic rings. The second kappa shape index (κ2) is 7.07. The second-order valence-electron chi connectivity index (χ2n) is 5.09. The summed E-state index contributed by atoms with van der Waals surface area (Å²) in [5.41, 5.74) is 5.81. The average Bonchev–Trinajstić information content (AvgIpc) is 2.88. The van der Waals surface area contributed by atoms with Crippen LogP contribution in [-0.4, -0.2) is 38.1 Å². The van der Waals surface area contributed by atoms with Gasteiger partial charge in [0.1, 0.15) is 0 Å². The third-order valence-corrected chi connectivity index (χ3v) is 3.62. The van der Waals surface area contributed by atoms with Gasteiger partial charge in [0.05, 0.1) is 25.7 Å². The lowest BCUT2D eigenvalue weighted by molar-refractivity contribution is -0.150. The van der Waals surface area contributed by atoms with Crippen LogP contribution in [0.2, 0.25) is 0 Å². The maximum absolute atomic E-state index is 11.8. The number of hydrogen-bond donors (Lipinski definition) is 1. The van der Waals surface area contributed by atoms with E-state index < -0.39 is 0 Å². The summed E-state index contributed by atoms with van der Waals surface area (Å²) in [6.45, 7) is 1.81. The molecule has 2 N–H and O–H groups in total. The van der Waals surface area contributed by atoms with Gasteiger partial charge < -0.3 is 19.9 Å². The molecule has 0 radical (unpaired) electrons. The van der Waals surface area contributed by atoms with Crippen molar-refractivity contribution in [2.45, 2.75) is 50.9 Å². The molecule has 2 fully saturated rings. The Labute approximate surface area is 108 Å². The van der Waals surface area contributed by atoms with E-state index in [0.717, 1.165) is 38.5 Å². The van der Waals surface area contributed by atoms with E-state index in [2.05, 4.69) is 0 Å². The first-order valence-corrected chi connectivity index (χ1v) is 6.91. The number of carbonyl (C=O) groups is 1. The van der Waals surface area contributed by atoms with Crippen LogP contribution in [-0.2, 0) is 19.0 Å². The van der Waals surface area contributed by atoms with Crippen molar-refractivity contribution in [1.82, 2.24) is 0 Å². The minimum atomic E-state index is -0.101. The molecule has 0 aromatic rings. The molecule has 0 spiro atoms. The van der Waals surface area contributed by atoms with Crippen LogP contribution in [0.4, 0.5) is 0 Å². The summed E-state index contributed by atoms with van der Waals surface area (Å²) in [5.74, 6) is -0.000982. The van der Waals surface area contributed by atoms with Gasteiger partial charge in [0.25, 0.3) is 0 Å². The molecule has 1 saturated carbocycles. The van der Waals surface area contributed by atoms with E-state index in [0.29, 0.717) is 19.8 Å². The standard InChI is InChI=1S/C13H23NO4/c14-11-5-3-10(4-6-11)13(15)18-7-1-2-12-16-8-9-17-12/h10-12H,1-9,14H2. The third kappa shape index (κ3) is 4.23. The van der Waals surface area contributed by atoms with Crippen molar-refractivity contribution in [2.75, 3.05) is 19.8 Å². The highest BCUT2D eigenvalue weighted by atomic mass is 16.7. The van der Waals surface area contributed by atoms with E-state index in [4.69, 9.17) is 19.9 Å². The van der Waals surface area contributed by atoms with Gasteiger partial charge in [-0.15, -0.1) is 0 Å². The molecule has 104 valence electrons. The van der Waals surface area contributed by atoms with E-state index >= 15 is 0 Å². The van der Waals surface area contributed by atoms with Crippen molar-refractivity contribution in [3.63, 3.8) is 0 Å². The Kier molecular flexibility index (Phi) is 5.41. The molecule has 0 unspecified atom stereocenters. The van der Waals surface area contributed by atoms with Crippen LogP contribution in [0.25, 0.3) is 0 Å². The fraction of sp³-hybridized carbons (Fsp3) is 0.923. The van der Waals surface area contributed by atoms with E-state index in [9.17, 15) is 4.79 Å². The fourth-order valence-corrected chi connectivity index (χ4v) is 2.47. The molecule has 2 rings (SSSR count). The number of rotatable bonds is 5. The molecule has 0 bridgehead atoms. The zero-order valence-electron chi connectivity index (χ0n) is 10.8. The van der Waals surface area contributed by atoms with Crippen LogP contribution in [0.1, 0.15) is 38.5 Å². The molecule has 0 aromatic carbocycles. The first-order chi connectivity index (χ1) is 8.75. The molecule has 18 heavy (non-hydrogen) atoms. The number of ether oxygens (including phenoxy) is 3. The van der Waals surface area contributed by atoms with Crippen molar-refractivity contribution in [1.29, 1.82) is 0 Å². The van der Waals surface area contributed by atoms with E-state index in [1.54, 1.807) is 0 Å². The largest absolute Gasteiger partial charge is 0.465 e. The van der Waals surface area contributed by atoms with Gasteiger partial charge in [0, 0.05) is 12.5 Å². The lowest BCUT2D eigenvalue weighted by atomic mass is 9.86. The van der Waals surface area contributed by atoms with Crippen molar-refractivity contribution >= 4 is 5.97 Å². The molecule has 5 nitrogen and oxygen atoms in total. The molecule has 0 aromatic heterocycles. The summed E-state index contributed by atoms with van der Waals surface area (Å²) in [6.07, 6.45) is 5.10. The molecular formula is C13H23NO4. The normalized spacial score (nSPS) is 29.4. The van der Waals surface area contributed by atoms with Crippen LogP contribution in [0.5, 0.6) is 0 Å². The molecule has 5 heteroatoms. The Balaban J connectivity index is 1.54. The zero-order valence-corrected chi connectivity index (χ0v) is 10.8. The van der Waals surface area contributed by atoms with Crippen LogP contribution in [0, 0.1) is 5.92 Å². The van der Waals surface area contributed by atoms with Gasteiger partial charge in [-0.05, 0) is 32.1 Å². The SMILES string of the molecule is NC1CCC(C(=O)OCCCC2OCCO2)CC1. The average molecular weight is 257 g/mol. The van der Waals surface area contributed by atoms with Crippen LogP contribution in [0.3, 0.4) is 0 Å². The van der Waals surface area contributed by atoms with Crippen LogP contribution < -0.4 is 5.73 Å². The first-order valence-electron chi connectivity index (χ1n) is 6.91. The van der Waals surface area contributed by atoms with Gasteiger partial charge in [-0.25, -0.2) is 0 Å². The van der Waals surface area contributed by atoms with Crippen molar-refractivity contribution < 1.29 is 19.0 Å². The molecular weight excluding hydrogens is 234 g/mol. The van der Waals surface area contributed by atoms with E-state index in [-0.39, 0.29) is 24.2 Å². The highest BCUT2D eigenvalue weighted by Crippen LogP contribution is 2.24. The van der Waals surface area contributed by atoms with Gasteiger partial charge in [-0.3, -0.25) is 4.79 Å².